The zero-order valence-electron chi connectivity index (χ0n) is 24.7. The second-order valence-corrected chi connectivity index (χ2v) is 12.4. The Labute approximate surface area is 246 Å². The van der Waals surface area contributed by atoms with E-state index in [1.807, 2.05) is 20.1 Å². The van der Waals surface area contributed by atoms with Crippen LogP contribution in [0.2, 0.25) is 0 Å². The third-order valence-corrected chi connectivity index (χ3v) is 9.34. The van der Waals surface area contributed by atoms with Crippen molar-refractivity contribution >= 4 is 31.1 Å². The standard InChI is InChI=1S/C35H43N2O3P/c1-4-39-41(38,40-5-2)26-12-23-36-24-22-32(34-17-10-9-13-29(34)3)20-18-30-19-21-35-33(27-30)16-11-25-37(35)28-31-14-7-6-8-15-31/h6-10,13-15,17-22,24,27H,4-5,11-12,16,23,25-26,28H2,1-3H3/b20-18?,32-22-,36-24?. The molecule has 0 fully saturated rings. The maximum atomic E-state index is 12.7. The normalized spacial score (nSPS) is 14.2. The molecule has 1 heterocycles. The number of allylic oxidation sites excluding steroid dienone is 3. The van der Waals surface area contributed by atoms with Crippen LogP contribution in [0.15, 0.2) is 89.9 Å². The van der Waals surface area contributed by atoms with Crippen molar-refractivity contribution in [2.24, 2.45) is 4.99 Å². The van der Waals surface area contributed by atoms with Crippen LogP contribution in [-0.2, 0) is 26.6 Å². The summed E-state index contributed by atoms with van der Waals surface area (Å²) in [6.45, 7) is 9.16. The Morgan fingerprint density at radius 2 is 1.76 bits per heavy atom. The molecule has 0 aliphatic carbocycles. The predicted molar refractivity (Wildman–Crippen MR) is 174 cm³/mol. The van der Waals surface area contributed by atoms with Crippen molar-refractivity contribution in [1.29, 1.82) is 0 Å². The highest BCUT2D eigenvalue weighted by Gasteiger charge is 2.22. The number of rotatable bonds is 14. The summed E-state index contributed by atoms with van der Waals surface area (Å²) in [7, 11) is -3.02. The lowest BCUT2D eigenvalue weighted by Crippen LogP contribution is -2.28. The van der Waals surface area contributed by atoms with Gasteiger partial charge in [0.1, 0.15) is 0 Å². The molecule has 216 valence electrons. The zero-order chi connectivity index (χ0) is 28.9. The molecule has 0 N–H and O–H groups in total. The van der Waals surface area contributed by atoms with Gasteiger partial charge in [-0.15, -0.1) is 0 Å². The molecule has 0 spiro atoms. The summed E-state index contributed by atoms with van der Waals surface area (Å²) in [4.78, 5) is 7.07. The van der Waals surface area contributed by atoms with E-state index in [-0.39, 0.29) is 0 Å². The van der Waals surface area contributed by atoms with Gasteiger partial charge in [-0.2, -0.15) is 0 Å². The number of aryl methyl sites for hydroxylation is 2. The zero-order valence-corrected chi connectivity index (χ0v) is 25.6. The van der Waals surface area contributed by atoms with E-state index >= 15 is 0 Å². The number of aliphatic imine (C=N–C) groups is 1. The molecule has 1 aliphatic rings. The molecule has 5 nitrogen and oxygen atoms in total. The van der Waals surface area contributed by atoms with E-state index in [9.17, 15) is 4.57 Å². The topological polar surface area (TPSA) is 51.1 Å². The van der Waals surface area contributed by atoms with Crippen molar-refractivity contribution in [3.05, 3.63) is 113 Å². The van der Waals surface area contributed by atoms with Gasteiger partial charge in [0.25, 0.3) is 0 Å². The molecule has 0 radical (unpaired) electrons. The lowest BCUT2D eigenvalue weighted by atomic mass is 9.96. The van der Waals surface area contributed by atoms with Gasteiger partial charge >= 0.3 is 7.60 Å². The van der Waals surface area contributed by atoms with Crippen LogP contribution in [0.25, 0.3) is 11.6 Å². The molecule has 0 unspecified atom stereocenters. The Bertz CT molecular complexity index is 1390. The summed E-state index contributed by atoms with van der Waals surface area (Å²) in [6.07, 6.45) is 11.6. The fraction of sp³-hybridized carbons (Fsp3) is 0.343. The van der Waals surface area contributed by atoms with Gasteiger partial charge in [0.2, 0.25) is 0 Å². The first-order chi connectivity index (χ1) is 20.0. The van der Waals surface area contributed by atoms with Gasteiger partial charge in [0.15, 0.2) is 0 Å². The largest absolute Gasteiger partial charge is 0.367 e. The highest BCUT2D eigenvalue weighted by molar-refractivity contribution is 7.53. The third kappa shape index (κ3) is 9.13. The minimum Gasteiger partial charge on any atom is -0.367 e. The molecule has 0 aromatic heterocycles. The minimum atomic E-state index is -3.02. The van der Waals surface area contributed by atoms with Crippen molar-refractivity contribution in [2.45, 2.75) is 46.6 Å². The predicted octanol–water partition coefficient (Wildman–Crippen LogP) is 8.77. The van der Waals surface area contributed by atoms with Crippen LogP contribution in [0.5, 0.6) is 0 Å². The SMILES string of the molecule is CCOP(=O)(CCCN=C/C=C(/C=Cc1ccc2c(c1)CCCN2Cc1ccccc1)c1ccccc1C)OCC. The molecular formula is C35H43N2O3P. The van der Waals surface area contributed by atoms with Gasteiger partial charge in [-0.05, 0) is 91.6 Å². The number of fused-ring (bicyclic) bond motifs is 1. The number of hydrogen-bond acceptors (Lipinski definition) is 5. The molecule has 6 heteroatoms. The quantitative estimate of drug-likeness (QED) is 0.0841. The van der Waals surface area contributed by atoms with Crippen molar-refractivity contribution in [3.63, 3.8) is 0 Å². The molecule has 0 atom stereocenters. The highest BCUT2D eigenvalue weighted by Crippen LogP contribution is 2.48. The number of nitrogens with zero attached hydrogens (tertiary/aromatic N) is 2. The van der Waals surface area contributed by atoms with Crippen LogP contribution in [0, 0.1) is 6.92 Å². The maximum Gasteiger partial charge on any atom is 0.330 e. The Kier molecular flexibility index (Phi) is 11.7. The number of anilines is 1. The molecule has 0 saturated carbocycles. The molecule has 3 aromatic carbocycles. The smallest absolute Gasteiger partial charge is 0.330 e. The van der Waals surface area contributed by atoms with Crippen LogP contribution in [0.3, 0.4) is 0 Å². The van der Waals surface area contributed by atoms with E-state index in [2.05, 4.69) is 108 Å². The minimum absolute atomic E-state index is 0.376. The van der Waals surface area contributed by atoms with Crippen molar-refractivity contribution in [1.82, 2.24) is 0 Å². The van der Waals surface area contributed by atoms with Crippen LogP contribution in [0.4, 0.5) is 5.69 Å². The molecule has 41 heavy (non-hydrogen) atoms. The summed E-state index contributed by atoms with van der Waals surface area (Å²) >= 11 is 0. The first-order valence-electron chi connectivity index (χ1n) is 14.8. The van der Waals surface area contributed by atoms with Gasteiger partial charge in [0, 0.05) is 31.5 Å². The lowest BCUT2D eigenvalue weighted by Gasteiger charge is -2.31. The highest BCUT2D eigenvalue weighted by atomic mass is 31.2. The van der Waals surface area contributed by atoms with E-state index < -0.39 is 7.60 Å². The van der Waals surface area contributed by atoms with Crippen LogP contribution < -0.4 is 4.90 Å². The number of benzene rings is 3. The lowest BCUT2D eigenvalue weighted by molar-refractivity contribution is 0.220. The van der Waals surface area contributed by atoms with Crippen molar-refractivity contribution < 1.29 is 13.6 Å². The third-order valence-electron chi connectivity index (χ3n) is 7.18. The Hall–Kier alpha value is -3.24. The summed E-state index contributed by atoms with van der Waals surface area (Å²) in [5, 5.41) is 0. The first-order valence-corrected chi connectivity index (χ1v) is 16.5. The Balaban J connectivity index is 1.47. The van der Waals surface area contributed by atoms with E-state index in [0.717, 1.165) is 25.1 Å². The molecule has 0 amide bonds. The van der Waals surface area contributed by atoms with E-state index in [4.69, 9.17) is 9.05 Å². The van der Waals surface area contributed by atoms with E-state index in [0.29, 0.717) is 32.3 Å². The first kappa shape index (κ1) is 30.7. The molecule has 3 aromatic rings. The van der Waals surface area contributed by atoms with Gasteiger partial charge in [0.05, 0.1) is 19.4 Å². The van der Waals surface area contributed by atoms with Crippen LogP contribution >= 0.6 is 7.60 Å². The summed E-state index contributed by atoms with van der Waals surface area (Å²) < 4.78 is 23.4. The van der Waals surface area contributed by atoms with E-state index in [1.54, 1.807) is 0 Å². The molecule has 0 saturated heterocycles. The molecule has 0 bridgehead atoms. The fourth-order valence-corrected chi connectivity index (χ4v) is 6.86. The monoisotopic (exact) mass is 570 g/mol. The summed E-state index contributed by atoms with van der Waals surface area (Å²) in [5.74, 6) is 0. The van der Waals surface area contributed by atoms with Gasteiger partial charge in [-0.3, -0.25) is 9.56 Å². The molecule has 4 rings (SSSR count). The number of hydrogen-bond donors (Lipinski definition) is 0. The van der Waals surface area contributed by atoms with Crippen LogP contribution in [0.1, 0.15) is 54.5 Å². The van der Waals surface area contributed by atoms with Crippen molar-refractivity contribution in [2.75, 3.05) is 37.4 Å². The van der Waals surface area contributed by atoms with Gasteiger partial charge in [-0.25, -0.2) is 0 Å². The Morgan fingerprint density at radius 1 is 1.00 bits per heavy atom. The second kappa shape index (κ2) is 15.7. The van der Waals surface area contributed by atoms with Gasteiger partial charge in [-0.1, -0.05) is 72.8 Å². The second-order valence-electron chi connectivity index (χ2n) is 10.2. The summed E-state index contributed by atoms with van der Waals surface area (Å²) in [5.41, 5.74) is 8.80. The average molecular weight is 571 g/mol. The van der Waals surface area contributed by atoms with Gasteiger partial charge < -0.3 is 13.9 Å². The van der Waals surface area contributed by atoms with E-state index in [1.165, 1.54) is 39.9 Å². The Morgan fingerprint density at radius 3 is 2.51 bits per heavy atom. The molecule has 1 aliphatic heterocycles. The summed E-state index contributed by atoms with van der Waals surface area (Å²) in [6, 6.07) is 25.9. The molecular weight excluding hydrogens is 527 g/mol. The van der Waals surface area contributed by atoms with Crippen LogP contribution in [-0.4, -0.2) is 38.7 Å². The fourth-order valence-electron chi connectivity index (χ4n) is 5.21. The maximum absolute atomic E-state index is 12.7. The van der Waals surface area contributed by atoms with Crippen molar-refractivity contribution in [3.8, 4) is 0 Å². The average Bonchev–Trinajstić information content (AvgIpc) is 2.98.